The van der Waals surface area contributed by atoms with Gasteiger partial charge in [0.25, 0.3) is 0 Å². The SMILES string of the molecule is B/C(=C/CC)C(=C)C1COc2cnc(Nc3ccc(N(C=C)C=C)c(OC)c3)nc2N1C. The van der Waals surface area contributed by atoms with Crippen molar-refractivity contribution in [3.63, 3.8) is 0 Å². The molecule has 7 nitrogen and oxygen atoms in total. The van der Waals surface area contributed by atoms with Crippen molar-refractivity contribution in [2.75, 3.05) is 35.9 Å². The van der Waals surface area contributed by atoms with E-state index in [1.54, 1.807) is 30.6 Å². The lowest BCUT2D eigenvalue weighted by Gasteiger charge is -2.36. The number of rotatable bonds is 9. The molecule has 0 saturated carbocycles. The van der Waals surface area contributed by atoms with Crippen LogP contribution in [0.5, 0.6) is 11.5 Å². The zero-order valence-electron chi connectivity index (χ0n) is 19.3. The van der Waals surface area contributed by atoms with Crippen LogP contribution in [0.4, 0.5) is 23.1 Å². The summed E-state index contributed by atoms with van der Waals surface area (Å²) in [6.07, 6.45) is 8.17. The molecule has 1 N–H and O–H groups in total. The highest BCUT2D eigenvalue weighted by molar-refractivity contribution is 6.24. The maximum Gasteiger partial charge on any atom is 0.229 e. The predicted octanol–water partition coefficient (Wildman–Crippen LogP) is 4.00. The van der Waals surface area contributed by atoms with Gasteiger partial charge in [0.05, 0.1) is 25.0 Å². The highest BCUT2D eigenvalue weighted by atomic mass is 16.5. The highest BCUT2D eigenvalue weighted by Gasteiger charge is 2.29. The third kappa shape index (κ3) is 4.64. The van der Waals surface area contributed by atoms with Crippen LogP contribution in [0.3, 0.4) is 0 Å². The molecule has 2 heterocycles. The van der Waals surface area contributed by atoms with Crippen molar-refractivity contribution in [3.8, 4) is 11.5 Å². The molecule has 0 aliphatic carbocycles. The number of likely N-dealkylation sites (N-methyl/N-ethyl adjacent to an activating group) is 1. The molecule has 166 valence electrons. The van der Waals surface area contributed by atoms with Gasteiger partial charge in [0.2, 0.25) is 5.95 Å². The smallest absolute Gasteiger partial charge is 0.229 e. The highest BCUT2D eigenvalue weighted by Crippen LogP contribution is 2.36. The van der Waals surface area contributed by atoms with Gasteiger partial charge < -0.3 is 24.6 Å². The van der Waals surface area contributed by atoms with Crippen molar-refractivity contribution in [1.82, 2.24) is 9.97 Å². The molecule has 1 aliphatic heterocycles. The molecule has 1 aromatic heterocycles. The third-order valence-corrected chi connectivity index (χ3v) is 5.46. The quantitative estimate of drug-likeness (QED) is 0.476. The van der Waals surface area contributed by atoms with E-state index in [0.717, 1.165) is 29.2 Å². The van der Waals surface area contributed by atoms with Crippen molar-refractivity contribution in [2.24, 2.45) is 0 Å². The number of nitrogens with zero attached hydrogens (tertiary/aromatic N) is 4. The number of anilines is 4. The van der Waals surface area contributed by atoms with Crippen LogP contribution in [-0.2, 0) is 0 Å². The first-order valence-electron chi connectivity index (χ1n) is 10.5. The number of allylic oxidation sites excluding steroid dienone is 1. The average Bonchev–Trinajstić information content (AvgIpc) is 2.81. The van der Waals surface area contributed by atoms with Crippen LogP contribution < -0.4 is 24.6 Å². The Hall–Kier alpha value is -3.68. The zero-order chi connectivity index (χ0) is 23.3. The zero-order valence-corrected chi connectivity index (χ0v) is 19.3. The number of aromatic nitrogens is 2. The fourth-order valence-electron chi connectivity index (χ4n) is 3.61. The van der Waals surface area contributed by atoms with E-state index in [4.69, 9.17) is 14.5 Å². The molecule has 1 atom stereocenters. The number of benzene rings is 1. The Balaban J connectivity index is 1.85. The molecule has 0 saturated heterocycles. The van der Waals surface area contributed by atoms with Gasteiger partial charge in [-0.15, -0.1) is 0 Å². The Kier molecular flexibility index (Phi) is 7.25. The van der Waals surface area contributed by atoms with Crippen LogP contribution in [0.25, 0.3) is 0 Å². The summed E-state index contributed by atoms with van der Waals surface area (Å²) in [5, 5.41) is 3.25. The molecule has 32 heavy (non-hydrogen) atoms. The summed E-state index contributed by atoms with van der Waals surface area (Å²) in [7, 11) is 5.71. The lowest BCUT2D eigenvalue weighted by molar-refractivity contribution is 0.279. The van der Waals surface area contributed by atoms with E-state index >= 15 is 0 Å². The molecular weight excluding hydrogens is 401 g/mol. The second-order valence-corrected chi connectivity index (χ2v) is 7.42. The Morgan fingerprint density at radius 1 is 1.41 bits per heavy atom. The van der Waals surface area contributed by atoms with Crippen LogP contribution in [0, 0.1) is 0 Å². The van der Waals surface area contributed by atoms with Gasteiger partial charge in [0.1, 0.15) is 20.2 Å². The number of hydrogen-bond donors (Lipinski definition) is 1. The Labute approximate surface area is 191 Å². The first-order chi connectivity index (χ1) is 15.4. The fourth-order valence-corrected chi connectivity index (χ4v) is 3.61. The van der Waals surface area contributed by atoms with Gasteiger partial charge in [-0.1, -0.05) is 38.2 Å². The van der Waals surface area contributed by atoms with E-state index in [1.165, 1.54) is 5.47 Å². The standard InChI is InChI=1S/C24H30BN5O2/c1-7-10-18(25)16(4)20-15-32-22-14-26-24(28-23(22)29(20)5)27-17-11-12-19(21(13-17)31-6)30(8-2)9-3/h8-14,20H,2-4,7,15,25H2,1,5-6H3,(H,26,27,28)/b18-10+. The van der Waals surface area contributed by atoms with Crippen molar-refractivity contribution in [1.29, 1.82) is 0 Å². The molecule has 0 spiro atoms. The maximum absolute atomic E-state index is 5.94. The molecule has 2 aromatic rings. The molecular formula is C24H30BN5O2. The molecule has 1 aromatic carbocycles. The summed E-state index contributed by atoms with van der Waals surface area (Å²) in [4.78, 5) is 13.0. The minimum Gasteiger partial charge on any atom is -0.494 e. The summed E-state index contributed by atoms with van der Waals surface area (Å²) in [5.74, 6) is 2.50. The minimum absolute atomic E-state index is 0.0104. The maximum atomic E-state index is 5.94. The second-order valence-electron chi connectivity index (χ2n) is 7.42. The van der Waals surface area contributed by atoms with E-state index < -0.39 is 0 Å². The summed E-state index contributed by atoms with van der Waals surface area (Å²) >= 11 is 0. The lowest BCUT2D eigenvalue weighted by Crippen LogP contribution is -2.42. The number of hydrogen-bond acceptors (Lipinski definition) is 7. The molecule has 1 unspecified atom stereocenters. The Morgan fingerprint density at radius 2 is 2.16 bits per heavy atom. The van der Waals surface area contributed by atoms with Gasteiger partial charge in [0, 0.05) is 31.2 Å². The Bertz CT molecular complexity index is 1040. The van der Waals surface area contributed by atoms with Crippen molar-refractivity contribution < 1.29 is 9.47 Å². The molecule has 0 radical (unpaired) electrons. The summed E-state index contributed by atoms with van der Waals surface area (Å²) in [6, 6.07) is 5.73. The lowest BCUT2D eigenvalue weighted by atomic mass is 9.84. The number of nitrogens with one attached hydrogen (secondary N) is 1. The Morgan fingerprint density at radius 3 is 2.81 bits per heavy atom. The largest absolute Gasteiger partial charge is 0.494 e. The molecule has 0 amide bonds. The van der Waals surface area contributed by atoms with Gasteiger partial charge in [-0.2, -0.15) is 4.98 Å². The predicted molar refractivity (Wildman–Crippen MR) is 135 cm³/mol. The fraction of sp³-hybridized carbons (Fsp3) is 0.250. The van der Waals surface area contributed by atoms with Gasteiger partial charge in [-0.05, 0) is 24.1 Å². The molecule has 0 fully saturated rings. The normalized spacial score (nSPS) is 15.3. The monoisotopic (exact) mass is 431 g/mol. The van der Waals surface area contributed by atoms with Crippen LogP contribution >= 0.6 is 0 Å². The first-order valence-corrected chi connectivity index (χ1v) is 10.5. The van der Waals surface area contributed by atoms with E-state index in [0.29, 0.717) is 24.1 Å². The van der Waals surface area contributed by atoms with E-state index in [1.807, 2.05) is 25.2 Å². The molecule has 8 heteroatoms. The van der Waals surface area contributed by atoms with Crippen LogP contribution in [0.15, 0.2) is 73.7 Å². The van der Waals surface area contributed by atoms with E-state index in [-0.39, 0.29) is 6.04 Å². The number of fused-ring (bicyclic) bond motifs is 1. The molecule has 0 bridgehead atoms. The van der Waals surface area contributed by atoms with Crippen LogP contribution in [0.2, 0.25) is 0 Å². The second kappa shape index (κ2) is 10.1. The van der Waals surface area contributed by atoms with Crippen molar-refractivity contribution in [3.05, 3.63) is 73.7 Å². The van der Waals surface area contributed by atoms with E-state index in [2.05, 4.69) is 55.8 Å². The first kappa shape index (κ1) is 23.0. The van der Waals surface area contributed by atoms with Crippen LogP contribution in [0.1, 0.15) is 13.3 Å². The van der Waals surface area contributed by atoms with Crippen molar-refractivity contribution >= 4 is 31.0 Å². The van der Waals surface area contributed by atoms with Gasteiger partial charge in [-0.25, -0.2) is 4.98 Å². The summed E-state index contributed by atoms with van der Waals surface area (Å²) in [5.41, 5.74) is 3.83. The third-order valence-electron chi connectivity index (χ3n) is 5.46. The molecule has 1 aliphatic rings. The number of ether oxygens (including phenoxy) is 2. The van der Waals surface area contributed by atoms with Gasteiger partial charge >= 0.3 is 0 Å². The molecule has 3 rings (SSSR count). The summed E-state index contributed by atoms with van der Waals surface area (Å²) in [6.45, 7) is 14.5. The van der Waals surface area contributed by atoms with Gasteiger partial charge in [-0.3, -0.25) is 0 Å². The average molecular weight is 431 g/mol. The summed E-state index contributed by atoms with van der Waals surface area (Å²) < 4.78 is 11.5. The topological polar surface area (TPSA) is 62.8 Å². The van der Waals surface area contributed by atoms with E-state index in [9.17, 15) is 0 Å². The number of methoxy groups -OCH3 is 1. The van der Waals surface area contributed by atoms with Gasteiger partial charge in [0.15, 0.2) is 11.6 Å². The van der Waals surface area contributed by atoms with Crippen LogP contribution in [-0.4, -0.2) is 44.6 Å². The van der Waals surface area contributed by atoms with Crippen molar-refractivity contribution in [2.45, 2.75) is 19.4 Å². The minimum atomic E-state index is 0.0104.